The summed E-state index contributed by atoms with van der Waals surface area (Å²) in [7, 11) is 0. The van der Waals surface area contributed by atoms with Crippen LogP contribution in [0.2, 0.25) is 5.02 Å². The summed E-state index contributed by atoms with van der Waals surface area (Å²) in [6.45, 7) is 9.90. The Morgan fingerprint density at radius 3 is 2.39 bits per heavy atom. The van der Waals surface area contributed by atoms with Crippen LogP contribution >= 0.6 is 11.6 Å². The normalized spacial score (nSPS) is 15.6. The second-order valence-corrected chi connectivity index (χ2v) is 8.55. The fraction of sp³-hybridized carbons (Fsp3) is 0.385. The van der Waals surface area contributed by atoms with E-state index in [0.717, 1.165) is 29.7 Å². The largest absolute Gasteiger partial charge is 0.571 e. The average molecular weight is 918 g/mol. The molecule has 0 radical (unpaired) electrons. The Kier molecular flexibility index (Phi) is 13.8. The Labute approximate surface area is 250 Å². The molecule has 1 fully saturated rings. The molecule has 2 aromatic rings. The standard InChI is InChI=1S/C26H30ClO4.2U/c1-5-30-21-11-8-19(9-12-21)26(18-6-7-18)22-14-20(10-13-23(22)27)25(29)15-24(28)17(4)31-16(2)3;;/h8-15,17-18,24,26,28H,4-7H2,1-3H3;;/q-3;;/t17-,24-,26?;;/m1../s1. The molecule has 0 heterocycles. The second-order valence-electron chi connectivity index (χ2n) is 8.14. The minimum Gasteiger partial charge on any atom is -0.571 e. The molecule has 3 rings (SSSR count). The van der Waals surface area contributed by atoms with Gasteiger partial charge in [-0.15, -0.1) is 17.7 Å². The molecular formula is C26H30ClO4U2-3. The van der Waals surface area contributed by atoms with E-state index in [9.17, 15) is 9.90 Å². The molecule has 1 saturated carbocycles. The van der Waals surface area contributed by atoms with Crippen molar-refractivity contribution in [3.8, 4) is 5.75 Å². The number of carbonyl (C=O) groups excluding carboxylic acids is 1. The Hall–Kier alpha value is 0.0939. The van der Waals surface area contributed by atoms with Crippen LogP contribution < -0.4 is 4.74 Å². The number of halogens is 1. The van der Waals surface area contributed by atoms with Crippen LogP contribution in [-0.4, -0.2) is 29.7 Å². The summed E-state index contributed by atoms with van der Waals surface area (Å²) in [6, 6.07) is 13.4. The molecule has 0 aromatic heterocycles. The first-order valence-corrected chi connectivity index (χ1v) is 11.1. The molecule has 0 amide bonds. The van der Waals surface area contributed by atoms with Crippen molar-refractivity contribution in [2.75, 3.05) is 6.61 Å². The van der Waals surface area contributed by atoms with E-state index in [4.69, 9.17) is 21.1 Å². The minimum atomic E-state index is -1.10. The van der Waals surface area contributed by atoms with Crippen LogP contribution in [0.5, 0.6) is 5.75 Å². The van der Waals surface area contributed by atoms with E-state index in [2.05, 4.69) is 19.1 Å². The van der Waals surface area contributed by atoms with Crippen molar-refractivity contribution in [3.05, 3.63) is 83.6 Å². The molecule has 4 nitrogen and oxygen atoms in total. The molecule has 3 atom stereocenters. The maximum absolute atomic E-state index is 12.8. The van der Waals surface area contributed by atoms with E-state index in [-0.39, 0.29) is 73.9 Å². The molecule has 33 heavy (non-hydrogen) atoms. The summed E-state index contributed by atoms with van der Waals surface area (Å²) in [5, 5.41) is 10.9. The molecule has 0 saturated heterocycles. The molecule has 176 valence electrons. The maximum atomic E-state index is 12.8. The van der Waals surface area contributed by atoms with E-state index in [1.54, 1.807) is 26.0 Å². The first-order valence-electron chi connectivity index (χ1n) is 10.7. The predicted molar refractivity (Wildman–Crippen MR) is 123 cm³/mol. The average Bonchev–Trinajstić information content (AvgIpc) is 3.55. The zero-order valence-corrected chi connectivity index (χ0v) is 28.4. The van der Waals surface area contributed by atoms with Crippen molar-refractivity contribution >= 4 is 17.4 Å². The van der Waals surface area contributed by atoms with E-state index in [0.29, 0.717) is 29.2 Å². The molecule has 1 N–H and O–H groups in total. The molecule has 0 aliphatic heterocycles. The van der Waals surface area contributed by atoms with Gasteiger partial charge in [0.2, 0.25) is 0 Å². The summed E-state index contributed by atoms with van der Waals surface area (Å²) >= 11 is 6.58. The van der Waals surface area contributed by atoms with Gasteiger partial charge in [-0.2, -0.15) is 20.3 Å². The Morgan fingerprint density at radius 2 is 1.85 bits per heavy atom. The number of aliphatic hydroxyl groups excluding tert-OH is 1. The SMILES string of the molecule is [CH2-][C@@H](O[C-](C)C)[C@H](O)[CH-]C(=O)c1ccc(Cl)c(C(c2ccc(OCC)cc2)C2CC2)c1.[U].[U]. The van der Waals surface area contributed by atoms with Gasteiger partial charge in [0, 0.05) is 85.1 Å². The minimum absolute atomic E-state index is 0. The predicted octanol–water partition coefficient (Wildman–Crippen LogP) is 5.82. The number of ether oxygens (including phenoxy) is 2. The zero-order valence-electron chi connectivity index (χ0n) is 19.3. The third kappa shape index (κ3) is 8.92. The summed E-state index contributed by atoms with van der Waals surface area (Å²) in [4.78, 5) is 12.8. The molecule has 7 heteroatoms. The fourth-order valence-electron chi connectivity index (χ4n) is 3.74. The summed E-state index contributed by atoms with van der Waals surface area (Å²) < 4.78 is 11.0. The summed E-state index contributed by atoms with van der Waals surface area (Å²) in [5.74, 6) is 1.17. The molecule has 0 spiro atoms. The van der Waals surface area contributed by atoms with Gasteiger partial charge >= 0.3 is 0 Å². The number of hydrogen-bond acceptors (Lipinski definition) is 4. The smallest absolute Gasteiger partial charge is 0.119 e. The molecule has 2 aromatic carbocycles. The third-order valence-corrected chi connectivity index (χ3v) is 5.69. The van der Waals surface area contributed by atoms with Crippen LogP contribution in [0.1, 0.15) is 61.0 Å². The van der Waals surface area contributed by atoms with E-state index in [1.165, 1.54) is 6.42 Å². The van der Waals surface area contributed by atoms with Gasteiger partial charge in [-0.05, 0) is 48.9 Å². The van der Waals surface area contributed by atoms with Crippen molar-refractivity contribution in [1.29, 1.82) is 0 Å². The molecule has 1 unspecified atom stereocenters. The molecule has 0 bridgehead atoms. The number of rotatable bonds is 11. The third-order valence-electron chi connectivity index (χ3n) is 5.35. The van der Waals surface area contributed by atoms with Gasteiger partial charge in [0.05, 0.1) is 6.61 Å². The Bertz CT molecular complexity index is 884. The van der Waals surface area contributed by atoms with Crippen molar-refractivity contribution in [1.82, 2.24) is 0 Å². The summed E-state index contributed by atoms with van der Waals surface area (Å²) in [6.07, 6.45) is 2.33. The van der Waals surface area contributed by atoms with E-state index in [1.807, 2.05) is 25.1 Å². The number of hydrogen-bond donors (Lipinski definition) is 1. The van der Waals surface area contributed by atoms with Gasteiger partial charge in [-0.3, -0.25) is 0 Å². The van der Waals surface area contributed by atoms with Crippen LogP contribution in [0.25, 0.3) is 0 Å². The number of Topliss-reactive ketones (excluding diaryl/α,β-unsaturated/α-hetero) is 1. The summed E-state index contributed by atoms with van der Waals surface area (Å²) in [5.41, 5.74) is 2.57. The molecular weight excluding hydrogens is 888 g/mol. The topological polar surface area (TPSA) is 55.8 Å². The Balaban J connectivity index is 0.00000272. The monoisotopic (exact) mass is 917 g/mol. The van der Waals surface area contributed by atoms with Gasteiger partial charge in [-0.25, -0.2) is 6.10 Å². The van der Waals surface area contributed by atoms with Crippen LogP contribution in [0, 0.1) is 87.6 Å². The zero-order chi connectivity index (χ0) is 22.5. The van der Waals surface area contributed by atoms with E-state index >= 15 is 0 Å². The fourth-order valence-corrected chi connectivity index (χ4v) is 3.97. The molecule has 1 aliphatic carbocycles. The second kappa shape index (κ2) is 14.6. The van der Waals surface area contributed by atoms with Crippen molar-refractivity contribution < 1.29 is 81.6 Å². The number of ketones is 1. The van der Waals surface area contributed by atoms with Crippen molar-refractivity contribution in [2.24, 2.45) is 5.92 Å². The van der Waals surface area contributed by atoms with Crippen LogP contribution in [0.15, 0.2) is 42.5 Å². The van der Waals surface area contributed by atoms with Gasteiger partial charge in [0.25, 0.3) is 0 Å². The van der Waals surface area contributed by atoms with Crippen LogP contribution in [0.4, 0.5) is 0 Å². The van der Waals surface area contributed by atoms with Crippen LogP contribution in [0.3, 0.4) is 0 Å². The molecule has 1 aliphatic rings. The number of carbonyl (C=O) groups is 1. The number of benzene rings is 2. The maximum Gasteiger partial charge on any atom is 0.119 e. The van der Waals surface area contributed by atoms with Crippen molar-refractivity contribution in [3.63, 3.8) is 0 Å². The first kappa shape index (κ1) is 31.1. The van der Waals surface area contributed by atoms with Gasteiger partial charge in [-0.1, -0.05) is 35.9 Å². The Morgan fingerprint density at radius 1 is 1.21 bits per heavy atom. The van der Waals surface area contributed by atoms with Crippen LogP contribution in [-0.2, 0) is 4.74 Å². The first-order chi connectivity index (χ1) is 14.8. The van der Waals surface area contributed by atoms with Crippen molar-refractivity contribution in [2.45, 2.75) is 51.7 Å². The van der Waals surface area contributed by atoms with Gasteiger partial charge < -0.3 is 26.3 Å². The quantitative estimate of drug-likeness (QED) is 0.229. The van der Waals surface area contributed by atoms with Gasteiger partial charge in [0.1, 0.15) is 5.75 Å². The van der Waals surface area contributed by atoms with E-state index < -0.39 is 12.2 Å². The van der Waals surface area contributed by atoms with Gasteiger partial charge in [0.15, 0.2) is 0 Å². The number of aliphatic hydroxyl groups is 1.